The van der Waals surface area contributed by atoms with Gasteiger partial charge in [-0.1, -0.05) is 0 Å². The summed E-state index contributed by atoms with van der Waals surface area (Å²) >= 11 is 1.69. The zero-order valence-electron chi connectivity index (χ0n) is 11.5. The smallest absolute Gasteiger partial charge is 0.168 e. The van der Waals surface area contributed by atoms with E-state index in [9.17, 15) is 4.79 Å². The molecular weight excluding hydrogens is 272 g/mol. The van der Waals surface area contributed by atoms with Crippen LogP contribution in [0.5, 0.6) is 0 Å². The van der Waals surface area contributed by atoms with Crippen molar-refractivity contribution >= 4 is 29.1 Å². The molecule has 0 N–H and O–H groups in total. The van der Waals surface area contributed by atoms with Crippen LogP contribution < -0.4 is 4.90 Å². The van der Waals surface area contributed by atoms with Gasteiger partial charge in [0.05, 0.1) is 22.3 Å². The van der Waals surface area contributed by atoms with E-state index in [1.54, 1.807) is 22.0 Å². The molecule has 0 aliphatic heterocycles. The molecular formula is C14H14N4OS. The standard InChI is InChI=1S/C14H14N4OS/c1-9-4-5-12(20-9)11-6-13(17(2)3)18-14(16-11)10(8-19)7-15-18/h4-8H,1-3H3. The van der Waals surface area contributed by atoms with Crippen LogP contribution in [0.1, 0.15) is 15.2 Å². The van der Waals surface area contributed by atoms with Crippen LogP contribution in [0.25, 0.3) is 16.2 Å². The second-order valence-corrected chi connectivity index (χ2v) is 6.05. The molecule has 0 spiro atoms. The third kappa shape index (κ3) is 1.98. The molecule has 0 amide bonds. The van der Waals surface area contributed by atoms with Gasteiger partial charge in [-0.3, -0.25) is 4.79 Å². The quantitative estimate of drug-likeness (QED) is 0.695. The molecule has 0 saturated heterocycles. The largest absolute Gasteiger partial charge is 0.363 e. The number of aromatic nitrogens is 3. The molecule has 0 aliphatic carbocycles. The Kier molecular flexibility index (Phi) is 3.02. The van der Waals surface area contributed by atoms with Gasteiger partial charge >= 0.3 is 0 Å². The molecule has 3 rings (SSSR count). The van der Waals surface area contributed by atoms with Crippen molar-refractivity contribution in [1.82, 2.24) is 14.6 Å². The minimum atomic E-state index is 0.503. The maximum atomic E-state index is 11.1. The number of carbonyl (C=O) groups excluding carboxylic acids is 1. The van der Waals surface area contributed by atoms with Gasteiger partial charge in [-0.25, -0.2) is 4.98 Å². The predicted octanol–water partition coefficient (Wildman–Crippen LogP) is 2.64. The van der Waals surface area contributed by atoms with Crippen molar-refractivity contribution in [2.75, 3.05) is 19.0 Å². The minimum Gasteiger partial charge on any atom is -0.363 e. The monoisotopic (exact) mass is 286 g/mol. The topological polar surface area (TPSA) is 50.5 Å². The number of anilines is 1. The lowest BCUT2D eigenvalue weighted by molar-refractivity contribution is 0.112. The summed E-state index contributed by atoms with van der Waals surface area (Å²) in [6.07, 6.45) is 2.34. The van der Waals surface area contributed by atoms with Gasteiger partial charge in [0.2, 0.25) is 0 Å². The van der Waals surface area contributed by atoms with E-state index < -0.39 is 0 Å². The molecule has 0 aliphatic rings. The van der Waals surface area contributed by atoms with Gasteiger partial charge in [0.1, 0.15) is 5.82 Å². The number of thiophene rings is 1. The second-order valence-electron chi connectivity index (χ2n) is 4.76. The van der Waals surface area contributed by atoms with Crippen LogP contribution >= 0.6 is 11.3 Å². The van der Waals surface area contributed by atoms with Crippen molar-refractivity contribution < 1.29 is 4.79 Å². The SMILES string of the molecule is Cc1ccc(-c2cc(N(C)C)n3ncc(C=O)c3n2)s1. The van der Waals surface area contributed by atoms with Crippen molar-refractivity contribution in [2.45, 2.75) is 6.92 Å². The fraction of sp³-hybridized carbons (Fsp3) is 0.214. The van der Waals surface area contributed by atoms with Crippen LogP contribution in [0.15, 0.2) is 24.4 Å². The van der Waals surface area contributed by atoms with E-state index in [2.05, 4.69) is 29.1 Å². The van der Waals surface area contributed by atoms with Gasteiger partial charge < -0.3 is 4.90 Å². The zero-order chi connectivity index (χ0) is 14.3. The fourth-order valence-electron chi connectivity index (χ4n) is 2.06. The van der Waals surface area contributed by atoms with Gasteiger partial charge in [0, 0.05) is 25.0 Å². The lowest BCUT2D eigenvalue weighted by Crippen LogP contribution is -2.14. The summed E-state index contributed by atoms with van der Waals surface area (Å²) in [7, 11) is 3.89. The average molecular weight is 286 g/mol. The summed E-state index contributed by atoms with van der Waals surface area (Å²) in [4.78, 5) is 20.0. The summed E-state index contributed by atoms with van der Waals surface area (Å²) in [5.41, 5.74) is 1.96. The first-order chi connectivity index (χ1) is 9.60. The van der Waals surface area contributed by atoms with E-state index in [4.69, 9.17) is 0 Å². The normalized spacial score (nSPS) is 10.9. The van der Waals surface area contributed by atoms with Crippen LogP contribution in [-0.4, -0.2) is 35.0 Å². The summed E-state index contributed by atoms with van der Waals surface area (Å²) < 4.78 is 1.69. The Morgan fingerprint density at radius 2 is 2.15 bits per heavy atom. The van der Waals surface area contributed by atoms with E-state index >= 15 is 0 Å². The third-order valence-corrected chi connectivity index (χ3v) is 4.08. The molecule has 20 heavy (non-hydrogen) atoms. The first-order valence-electron chi connectivity index (χ1n) is 6.18. The minimum absolute atomic E-state index is 0.503. The van der Waals surface area contributed by atoms with Gasteiger partial charge in [-0.2, -0.15) is 9.61 Å². The summed E-state index contributed by atoms with van der Waals surface area (Å²) in [6, 6.07) is 6.10. The summed E-state index contributed by atoms with van der Waals surface area (Å²) in [5.74, 6) is 0.893. The summed E-state index contributed by atoms with van der Waals surface area (Å²) in [5, 5.41) is 4.24. The van der Waals surface area contributed by atoms with Crippen molar-refractivity contribution in [3.8, 4) is 10.6 Å². The Hall–Kier alpha value is -2.21. The molecule has 5 nitrogen and oxygen atoms in total. The highest BCUT2D eigenvalue weighted by atomic mass is 32.1. The van der Waals surface area contributed by atoms with Gasteiger partial charge in [0.25, 0.3) is 0 Å². The molecule has 0 radical (unpaired) electrons. The molecule has 0 atom stereocenters. The fourth-order valence-corrected chi connectivity index (χ4v) is 2.89. The Bertz CT molecular complexity index is 788. The number of carbonyl (C=O) groups is 1. The highest BCUT2D eigenvalue weighted by molar-refractivity contribution is 7.15. The van der Waals surface area contributed by atoms with Crippen molar-refractivity contribution in [1.29, 1.82) is 0 Å². The van der Waals surface area contributed by atoms with Gasteiger partial charge in [-0.05, 0) is 19.1 Å². The number of fused-ring (bicyclic) bond motifs is 1. The molecule has 3 aromatic rings. The van der Waals surface area contributed by atoms with Crippen LogP contribution in [0.2, 0.25) is 0 Å². The Balaban J connectivity index is 2.30. The number of nitrogens with zero attached hydrogens (tertiary/aromatic N) is 4. The Morgan fingerprint density at radius 1 is 1.35 bits per heavy atom. The van der Waals surface area contributed by atoms with E-state index in [-0.39, 0.29) is 0 Å². The molecule has 3 heterocycles. The van der Waals surface area contributed by atoms with E-state index in [0.717, 1.165) is 22.7 Å². The zero-order valence-corrected chi connectivity index (χ0v) is 12.3. The van der Waals surface area contributed by atoms with Crippen LogP contribution in [0, 0.1) is 6.92 Å². The predicted molar refractivity (Wildman–Crippen MR) is 80.8 cm³/mol. The third-order valence-electron chi connectivity index (χ3n) is 3.06. The molecule has 0 aromatic carbocycles. The molecule has 0 saturated carbocycles. The highest BCUT2D eigenvalue weighted by Crippen LogP contribution is 2.29. The molecule has 3 aromatic heterocycles. The van der Waals surface area contributed by atoms with Crippen LogP contribution in [0.3, 0.4) is 0 Å². The van der Waals surface area contributed by atoms with E-state index in [1.165, 1.54) is 4.88 Å². The first kappa shape index (κ1) is 12.8. The number of hydrogen-bond acceptors (Lipinski definition) is 5. The number of aryl methyl sites for hydroxylation is 1. The van der Waals surface area contributed by atoms with Gasteiger partial charge in [0.15, 0.2) is 11.9 Å². The molecule has 0 bridgehead atoms. The molecule has 0 fully saturated rings. The Labute approximate surface area is 120 Å². The summed E-state index contributed by atoms with van der Waals surface area (Å²) in [6.45, 7) is 2.06. The number of hydrogen-bond donors (Lipinski definition) is 0. The van der Waals surface area contributed by atoms with Crippen molar-refractivity contribution in [3.05, 3.63) is 34.8 Å². The average Bonchev–Trinajstić information content (AvgIpc) is 3.03. The van der Waals surface area contributed by atoms with Crippen molar-refractivity contribution in [2.24, 2.45) is 0 Å². The highest BCUT2D eigenvalue weighted by Gasteiger charge is 2.14. The molecule has 6 heteroatoms. The van der Waals surface area contributed by atoms with Crippen LogP contribution in [0.4, 0.5) is 5.82 Å². The van der Waals surface area contributed by atoms with Gasteiger partial charge in [-0.15, -0.1) is 11.3 Å². The van der Waals surface area contributed by atoms with E-state index in [0.29, 0.717) is 11.2 Å². The van der Waals surface area contributed by atoms with Crippen molar-refractivity contribution in [3.63, 3.8) is 0 Å². The maximum absolute atomic E-state index is 11.1. The number of rotatable bonds is 3. The second kappa shape index (κ2) is 4.72. The molecule has 0 unspecified atom stereocenters. The lowest BCUT2D eigenvalue weighted by atomic mass is 10.3. The first-order valence-corrected chi connectivity index (χ1v) is 7.00. The van der Waals surface area contributed by atoms with Crippen LogP contribution in [-0.2, 0) is 0 Å². The maximum Gasteiger partial charge on any atom is 0.168 e. The Morgan fingerprint density at radius 3 is 2.75 bits per heavy atom. The molecule has 102 valence electrons. The lowest BCUT2D eigenvalue weighted by Gasteiger charge is -2.14. The number of aldehydes is 1. The van der Waals surface area contributed by atoms with E-state index in [1.807, 2.05) is 25.1 Å².